The minimum Gasteiger partial charge on any atom is -0.369 e. The summed E-state index contributed by atoms with van der Waals surface area (Å²) in [4.78, 5) is 2.04. The van der Waals surface area contributed by atoms with Gasteiger partial charge < -0.3 is 10.6 Å². The molecule has 1 aliphatic rings. The Bertz CT molecular complexity index is 374. The Labute approximate surface area is 96.2 Å². The van der Waals surface area contributed by atoms with E-state index in [1.54, 1.807) is 0 Å². The number of halogens is 1. The normalized spacial score (nSPS) is 17.2. The Hall–Kier alpha value is -1.09. The number of benzene rings is 1. The highest BCUT2D eigenvalue weighted by Gasteiger charge is 2.31. The summed E-state index contributed by atoms with van der Waals surface area (Å²) < 4.78 is 13.8. The van der Waals surface area contributed by atoms with Crippen molar-refractivity contribution >= 4 is 5.69 Å². The summed E-state index contributed by atoms with van der Waals surface area (Å²) in [6, 6.07) is 5.68. The van der Waals surface area contributed by atoms with Crippen LogP contribution >= 0.6 is 0 Å². The molecule has 3 heteroatoms. The van der Waals surface area contributed by atoms with Crippen LogP contribution in [-0.2, 0) is 6.54 Å². The first kappa shape index (κ1) is 11.4. The summed E-state index contributed by atoms with van der Waals surface area (Å²) in [5, 5.41) is 0. The van der Waals surface area contributed by atoms with E-state index < -0.39 is 0 Å². The van der Waals surface area contributed by atoms with E-state index in [1.165, 1.54) is 18.9 Å². The molecule has 1 aromatic carbocycles. The van der Waals surface area contributed by atoms with E-state index in [0.29, 0.717) is 18.3 Å². The maximum Gasteiger partial charge on any atom is 0.146 e. The summed E-state index contributed by atoms with van der Waals surface area (Å²) >= 11 is 0. The predicted octanol–water partition coefficient (Wildman–Crippen LogP) is 2.52. The lowest BCUT2D eigenvalue weighted by molar-refractivity contribution is 0.575. The van der Waals surface area contributed by atoms with Gasteiger partial charge in [-0.3, -0.25) is 0 Å². The highest BCUT2D eigenvalue weighted by Crippen LogP contribution is 2.36. The quantitative estimate of drug-likeness (QED) is 0.848. The van der Waals surface area contributed by atoms with Crippen LogP contribution in [0.1, 0.15) is 25.3 Å². The molecule has 2 rings (SSSR count). The fourth-order valence-electron chi connectivity index (χ4n) is 2.08. The zero-order valence-electron chi connectivity index (χ0n) is 9.91. The van der Waals surface area contributed by atoms with Crippen molar-refractivity contribution in [2.45, 2.75) is 32.4 Å². The van der Waals surface area contributed by atoms with Crippen LogP contribution in [0.2, 0.25) is 0 Å². The lowest BCUT2D eigenvalue weighted by Crippen LogP contribution is -2.31. The van der Waals surface area contributed by atoms with Crippen LogP contribution in [0.25, 0.3) is 0 Å². The predicted molar refractivity (Wildman–Crippen MR) is 64.9 cm³/mol. The second-order valence-electron chi connectivity index (χ2n) is 4.68. The molecule has 2 N–H and O–H groups in total. The van der Waals surface area contributed by atoms with Crippen LogP contribution in [-0.4, -0.2) is 13.1 Å². The molecule has 0 amide bonds. The summed E-state index contributed by atoms with van der Waals surface area (Å²) in [6.07, 6.45) is 2.54. The molecular weight excluding hydrogens is 203 g/mol. The molecule has 16 heavy (non-hydrogen) atoms. The highest BCUT2D eigenvalue weighted by molar-refractivity contribution is 5.49. The van der Waals surface area contributed by atoms with Crippen molar-refractivity contribution in [1.82, 2.24) is 0 Å². The molecule has 0 bridgehead atoms. The van der Waals surface area contributed by atoms with Gasteiger partial charge in [0.25, 0.3) is 0 Å². The molecule has 1 atom stereocenters. The van der Waals surface area contributed by atoms with Crippen molar-refractivity contribution in [2.24, 2.45) is 11.7 Å². The Morgan fingerprint density at radius 2 is 2.19 bits per heavy atom. The largest absolute Gasteiger partial charge is 0.369 e. The van der Waals surface area contributed by atoms with E-state index in [0.717, 1.165) is 11.5 Å². The standard InChI is InChI=1S/C13H19FN2/c1-9(11-4-5-11)16(2)13-6-3-10(8-15)7-12(13)14/h3,6-7,9,11H,4-5,8,15H2,1-2H3. The minimum absolute atomic E-state index is 0.169. The SMILES string of the molecule is CC(C1CC1)N(C)c1ccc(CN)cc1F. The molecular formula is C13H19FN2. The average Bonchev–Trinajstić information content (AvgIpc) is 3.10. The Morgan fingerprint density at radius 3 is 2.69 bits per heavy atom. The van der Waals surface area contributed by atoms with Crippen molar-refractivity contribution in [3.63, 3.8) is 0 Å². The van der Waals surface area contributed by atoms with Crippen LogP contribution in [0.3, 0.4) is 0 Å². The Kier molecular flexibility index (Phi) is 3.15. The highest BCUT2D eigenvalue weighted by atomic mass is 19.1. The summed E-state index contributed by atoms with van der Waals surface area (Å²) in [6.45, 7) is 2.55. The molecule has 0 aromatic heterocycles. The monoisotopic (exact) mass is 222 g/mol. The lowest BCUT2D eigenvalue weighted by Gasteiger charge is -2.27. The van der Waals surface area contributed by atoms with E-state index in [-0.39, 0.29) is 5.82 Å². The van der Waals surface area contributed by atoms with Gasteiger partial charge in [0, 0.05) is 19.6 Å². The van der Waals surface area contributed by atoms with Gasteiger partial charge in [-0.15, -0.1) is 0 Å². The van der Waals surface area contributed by atoms with E-state index in [1.807, 2.05) is 24.1 Å². The van der Waals surface area contributed by atoms with Crippen molar-refractivity contribution < 1.29 is 4.39 Å². The van der Waals surface area contributed by atoms with E-state index in [2.05, 4.69) is 6.92 Å². The van der Waals surface area contributed by atoms with Gasteiger partial charge in [0.15, 0.2) is 0 Å². The van der Waals surface area contributed by atoms with Gasteiger partial charge in [0.1, 0.15) is 5.82 Å². The molecule has 0 heterocycles. The summed E-state index contributed by atoms with van der Waals surface area (Å²) in [5.74, 6) is 0.566. The number of hydrogen-bond acceptors (Lipinski definition) is 2. The fraction of sp³-hybridized carbons (Fsp3) is 0.538. The summed E-state index contributed by atoms with van der Waals surface area (Å²) in [5.41, 5.74) is 7.00. The minimum atomic E-state index is -0.169. The van der Waals surface area contributed by atoms with Crippen molar-refractivity contribution in [2.75, 3.05) is 11.9 Å². The van der Waals surface area contributed by atoms with E-state index in [9.17, 15) is 4.39 Å². The second-order valence-corrected chi connectivity index (χ2v) is 4.68. The first-order valence-electron chi connectivity index (χ1n) is 5.85. The third kappa shape index (κ3) is 2.19. The van der Waals surface area contributed by atoms with Crippen molar-refractivity contribution in [1.29, 1.82) is 0 Å². The lowest BCUT2D eigenvalue weighted by atomic mass is 10.1. The van der Waals surface area contributed by atoms with E-state index >= 15 is 0 Å². The van der Waals surface area contributed by atoms with Crippen LogP contribution in [0.4, 0.5) is 10.1 Å². The molecule has 0 aliphatic heterocycles. The van der Waals surface area contributed by atoms with Crippen molar-refractivity contribution in [3.05, 3.63) is 29.6 Å². The number of hydrogen-bond donors (Lipinski definition) is 1. The molecule has 0 spiro atoms. The first-order chi connectivity index (χ1) is 7.63. The van der Waals surface area contributed by atoms with Gasteiger partial charge in [-0.25, -0.2) is 4.39 Å². The average molecular weight is 222 g/mol. The zero-order chi connectivity index (χ0) is 11.7. The smallest absolute Gasteiger partial charge is 0.146 e. The Morgan fingerprint density at radius 1 is 1.50 bits per heavy atom. The first-order valence-corrected chi connectivity index (χ1v) is 5.85. The maximum atomic E-state index is 13.8. The third-order valence-electron chi connectivity index (χ3n) is 3.54. The fourth-order valence-corrected chi connectivity index (χ4v) is 2.08. The molecule has 2 nitrogen and oxygen atoms in total. The van der Waals surface area contributed by atoms with Gasteiger partial charge in [-0.2, -0.15) is 0 Å². The van der Waals surface area contributed by atoms with E-state index in [4.69, 9.17) is 5.73 Å². The number of nitrogens with two attached hydrogens (primary N) is 1. The summed E-state index contributed by atoms with van der Waals surface area (Å²) in [7, 11) is 1.96. The third-order valence-corrected chi connectivity index (χ3v) is 3.54. The van der Waals surface area contributed by atoms with Gasteiger partial charge in [0.2, 0.25) is 0 Å². The Balaban J connectivity index is 2.18. The number of anilines is 1. The molecule has 1 aromatic rings. The van der Waals surface area contributed by atoms with Crippen LogP contribution in [0.5, 0.6) is 0 Å². The molecule has 1 unspecified atom stereocenters. The second kappa shape index (κ2) is 4.42. The number of rotatable bonds is 4. The molecule has 1 saturated carbocycles. The van der Waals surface area contributed by atoms with Crippen LogP contribution in [0.15, 0.2) is 18.2 Å². The van der Waals surface area contributed by atoms with Crippen LogP contribution < -0.4 is 10.6 Å². The molecule has 88 valence electrons. The molecule has 0 radical (unpaired) electrons. The maximum absolute atomic E-state index is 13.8. The molecule has 1 fully saturated rings. The molecule has 1 aliphatic carbocycles. The topological polar surface area (TPSA) is 29.3 Å². The molecule has 0 saturated heterocycles. The van der Waals surface area contributed by atoms with Gasteiger partial charge >= 0.3 is 0 Å². The van der Waals surface area contributed by atoms with Crippen molar-refractivity contribution in [3.8, 4) is 0 Å². The van der Waals surface area contributed by atoms with Crippen LogP contribution in [0, 0.1) is 11.7 Å². The van der Waals surface area contributed by atoms with Gasteiger partial charge in [0.05, 0.1) is 5.69 Å². The van der Waals surface area contributed by atoms with Gasteiger partial charge in [-0.1, -0.05) is 6.07 Å². The number of nitrogens with zero attached hydrogens (tertiary/aromatic N) is 1. The van der Waals surface area contributed by atoms with Gasteiger partial charge in [-0.05, 0) is 43.4 Å². The zero-order valence-corrected chi connectivity index (χ0v) is 9.91.